The molecule has 3 aromatic carbocycles. The molecule has 0 fully saturated rings. The van der Waals surface area contributed by atoms with E-state index < -0.39 is 0 Å². The Labute approximate surface area is 163 Å². The molecule has 0 saturated heterocycles. The number of hydrogen-bond donors (Lipinski definition) is 0. The summed E-state index contributed by atoms with van der Waals surface area (Å²) in [5.41, 5.74) is 8.97. The number of pyridine rings is 1. The number of hydrogen-bond acceptors (Lipinski definition) is 2. The number of nitrogens with zero attached hydrogens (tertiary/aromatic N) is 1. The second-order valence-corrected chi connectivity index (χ2v) is 8.56. The van der Waals surface area contributed by atoms with Crippen molar-refractivity contribution in [2.45, 2.75) is 33.1 Å². The molecule has 136 valence electrons. The van der Waals surface area contributed by atoms with E-state index in [2.05, 4.69) is 76.2 Å². The number of benzene rings is 3. The van der Waals surface area contributed by atoms with Gasteiger partial charge in [0.25, 0.3) is 0 Å². The highest BCUT2D eigenvalue weighted by atomic mass is 16.3. The van der Waals surface area contributed by atoms with Crippen molar-refractivity contribution in [1.82, 2.24) is 4.98 Å². The Balaban J connectivity index is 1.96. The summed E-state index contributed by atoms with van der Waals surface area (Å²) in [6, 6.07) is 17.6. The summed E-state index contributed by atoms with van der Waals surface area (Å²) in [5.74, 6) is 0. The third kappa shape index (κ3) is 1.76. The van der Waals surface area contributed by atoms with Crippen molar-refractivity contribution in [2.75, 3.05) is 0 Å². The molecule has 2 heteroatoms. The molecule has 0 N–H and O–H groups in total. The van der Waals surface area contributed by atoms with E-state index >= 15 is 0 Å². The summed E-state index contributed by atoms with van der Waals surface area (Å²) in [4.78, 5) is 4.94. The molecular formula is C26H21NO. The van der Waals surface area contributed by atoms with Crippen molar-refractivity contribution in [3.63, 3.8) is 0 Å². The smallest absolute Gasteiger partial charge is 0.142 e. The lowest BCUT2D eigenvalue weighted by atomic mass is 9.74. The Morgan fingerprint density at radius 3 is 2.46 bits per heavy atom. The second kappa shape index (κ2) is 5.02. The highest BCUT2D eigenvalue weighted by Crippen LogP contribution is 2.51. The topological polar surface area (TPSA) is 26.0 Å². The maximum Gasteiger partial charge on any atom is 0.142 e. The zero-order valence-corrected chi connectivity index (χ0v) is 16.6. The molecule has 0 unspecified atom stereocenters. The fraction of sp³-hybridized carbons (Fsp3) is 0.192. The van der Waals surface area contributed by atoms with Crippen LogP contribution in [-0.2, 0) is 5.41 Å². The van der Waals surface area contributed by atoms with Crippen molar-refractivity contribution in [2.24, 2.45) is 0 Å². The van der Waals surface area contributed by atoms with Gasteiger partial charge >= 0.3 is 0 Å². The van der Waals surface area contributed by atoms with Gasteiger partial charge in [-0.3, -0.25) is 4.98 Å². The van der Waals surface area contributed by atoms with Gasteiger partial charge in [0.1, 0.15) is 11.2 Å². The van der Waals surface area contributed by atoms with Crippen LogP contribution in [0.25, 0.3) is 44.0 Å². The van der Waals surface area contributed by atoms with E-state index in [0.717, 1.165) is 27.8 Å². The Morgan fingerprint density at radius 1 is 0.821 bits per heavy atom. The summed E-state index contributed by atoms with van der Waals surface area (Å²) in [6.45, 7) is 8.88. The molecule has 5 aromatic rings. The van der Waals surface area contributed by atoms with Gasteiger partial charge in [-0.25, -0.2) is 0 Å². The third-order valence-corrected chi connectivity index (χ3v) is 6.50. The predicted octanol–water partition coefficient (Wildman–Crippen LogP) is 7.06. The Hall–Kier alpha value is -3.13. The lowest BCUT2D eigenvalue weighted by molar-refractivity contribution is 0.645. The van der Waals surface area contributed by atoms with Gasteiger partial charge in [0.2, 0.25) is 0 Å². The highest BCUT2D eigenvalue weighted by Gasteiger charge is 2.36. The van der Waals surface area contributed by atoms with Gasteiger partial charge in [0, 0.05) is 28.1 Å². The second-order valence-electron chi connectivity index (χ2n) is 8.56. The maximum atomic E-state index is 6.43. The molecule has 2 nitrogen and oxygen atoms in total. The first-order valence-corrected chi connectivity index (χ1v) is 9.83. The monoisotopic (exact) mass is 363 g/mol. The standard InChI is InChI=1S/C26H21NO/c1-14-9-12-19-20-21-23(27-13-15(2)25(21)28-24(14)20)18-11-10-16-7-5-6-8-17(16)22(18)26(19,3)4/h5-13H,1-4H3. The van der Waals surface area contributed by atoms with Gasteiger partial charge in [-0.15, -0.1) is 0 Å². The van der Waals surface area contributed by atoms with Gasteiger partial charge in [-0.2, -0.15) is 0 Å². The number of furan rings is 1. The van der Waals surface area contributed by atoms with E-state index in [9.17, 15) is 0 Å². The maximum absolute atomic E-state index is 6.43. The molecule has 1 aliphatic carbocycles. The van der Waals surface area contributed by atoms with E-state index in [0.29, 0.717) is 0 Å². The summed E-state index contributed by atoms with van der Waals surface area (Å²) in [7, 11) is 0. The average Bonchev–Trinajstić information content (AvgIpc) is 3.06. The lowest BCUT2D eigenvalue weighted by Crippen LogP contribution is -2.20. The molecular weight excluding hydrogens is 342 g/mol. The van der Waals surface area contributed by atoms with Crippen LogP contribution < -0.4 is 0 Å². The Bertz CT molecular complexity index is 1450. The summed E-state index contributed by atoms with van der Waals surface area (Å²) >= 11 is 0. The first-order valence-electron chi connectivity index (χ1n) is 9.83. The summed E-state index contributed by atoms with van der Waals surface area (Å²) in [6.07, 6.45) is 1.95. The van der Waals surface area contributed by atoms with E-state index in [4.69, 9.17) is 9.40 Å². The van der Waals surface area contributed by atoms with Gasteiger partial charge in [0.15, 0.2) is 0 Å². The van der Waals surface area contributed by atoms with Crippen LogP contribution >= 0.6 is 0 Å². The van der Waals surface area contributed by atoms with E-state index in [1.165, 1.54) is 38.4 Å². The first kappa shape index (κ1) is 15.9. The number of rotatable bonds is 0. The molecule has 0 bridgehead atoms. The van der Waals surface area contributed by atoms with Crippen LogP contribution in [0, 0.1) is 13.8 Å². The molecule has 1 aliphatic rings. The minimum absolute atomic E-state index is 0.173. The Kier molecular flexibility index (Phi) is 2.85. The molecule has 0 saturated carbocycles. The van der Waals surface area contributed by atoms with Crippen LogP contribution in [0.5, 0.6) is 0 Å². The molecule has 2 aromatic heterocycles. The van der Waals surface area contributed by atoms with Crippen LogP contribution in [0.2, 0.25) is 0 Å². The predicted molar refractivity (Wildman–Crippen MR) is 116 cm³/mol. The summed E-state index contributed by atoms with van der Waals surface area (Å²) in [5, 5.41) is 4.96. The molecule has 0 radical (unpaired) electrons. The van der Waals surface area contributed by atoms with Crippen molar-refractivity contribution >= 4 is 32.7 Å². The first-order chi connectivity index (χ1) is 13.5. The van der Waals surface area contributed by atoms with Crippen LogP contribution in [0.4, 0.5) is 0 Å². The average molecular weight is 363 g/mol. The largest absolute Gasteiger partial charge is 0.455 e. The zero-order chi connectivity index (χ0) is 19.2. The van der Waals surface area contributed by atoms with Crippen molar-refractivity contribution in [3.8, 4) is 11.3 Å². The van der Waals surface area contributed by atoms with Gasteiger partial charge in [0.05, 0.1) is 11.1 Å². The normalized spacial score (nSPS) is 14.7. The number of aryl methyl sites for hydroxylation is 2. The van der Waals surface area contributed by atoms with Crippen molar-refractivity contribution < 1.29 is 4.42 Å². The molecule has 6 rings (SSSR count). The van der Waals surface area contributed by atoms with Crippen molar-refractivity contribution in [3.05, 3.63) is 77.0 Å². The fourth-order valence-electron chi connectivity index (χ4n) is 5.12. The Morgan fingerprint density at radius 2 is 1.61 bits per heavy atom. The molecule has 2 heterocycles. The van der Waals surface area contributed by atoms with Gasteiger partial charge in [-0.05, 0) is 41.3 Å². The van der Waals surface area contributed by atoms with Crippen molar-refractivity contribution in [1.29, 1.82) is 0 Å². The molecule has 0 spiro atoms. The van der Waals surface area contributed by atoms with Crippen LogP contribution in [-0.4, -0.2) is 4.98 Å². The minimum atomic E-state index is -0.173. The minimum Gasteiger partial charge on any atom is -0.455 e. The van der Waals surface area contributed by atoms with Gasteiger partial charge < -0.3 is 4.42 Å². The molecule has 28 heavy (non-hydrogen) atoms. The lowest BCUT2D eigenvalue weighted by Gasteiger charge is -2.29. The molecule has 0 amide bonds. The molecule has 0 atom stereocenters. The van der Waals surface area contributed by atoms with Gasteiger partial charge in [-0.1, -0.05) is 62.4 Å². The van der Waals surface area contributed by atoms with Crippen LogP contribution in [0.1, 0.15) is 36.1 Å². The quantitative estimate of drug-likeness (QED) is 0.294. The zero-order valence-electron chi connectivity index (χ0n) is 16.6. The SMILES string of the molecule is Cc1ccc2c3c1oc1c(C)cnc(c13)-c1ccc3ccccc3c1C2(C)C. The third-order valence-electron chi connectivity index (χ3n) is 6.50. The van der Waals surface area contributed by atoms with E-state index in [-0.39, 0.29) is 5.41 Å². The van der Waals surface area contributed by atoms with Crippen LogP contribution in [0.3, 0.4) is 0 Å². The number of aromatic nitrogens is 1. The molecule has 0 aliphatic heterocycles. The van der Waals surface area contributed by atoms with Crippen LogP contribution in [0.15, 0.2) is 59.1 Å². The highest BCUT2D eigenvalue weighted by molar-refractivity contribution is 6.17. The van der Waals surface area contributed by atoms with E-state index in [1.807, 2.05) is 6.20 Å². The summed E-state index contributed by atoms with van der Waals surface area (Å²) < 4.78 is 6.43. The fourth-order valence-corrected chi connectivity index (χ4v) is 5.12. The number of fused-ring (bicyclic) bond motifs is 4. The van der Waals surface area contributed by atoms with E-state index in [1.54, 1.807) is 0 Å².